The van der Waals surface area contributed by atoms with Crippen LogP contribution in [-0.4, -0.2) is 19.0 Å². The van der Waals surface area contributed by atoms with E-state index in [1.54, 1.807) is 0 Å². The quantitative estimate of drug-likeness (QED) is 0.876. The predicted molar refractivity (Wildman–Crippen MR) is 88.1 cm³/mol. The highest BCUT2D eigenvalue weighted by atomic mass is 16.2. The Bertz CT molecular complexity index is 738. The number of hydrogen-bond acceptors (Lipinski definition) is 2. The molecule has 2 aliphatic rings. The van der Waals surface area contributed by atoms with E-state index >= 15 is 0 Å². The summed E-state index contributed by atoms with van der Waals surface area (Å²) in [6.45, 7) is 4.52. The Kier molecular flexibility index (Phi) is 3.23. The van der Waals surface area contributed by atoms with E-state index in [0.29, 0.717) is 0 Å². The number of rotatable bonds is 1. The minimum Gasteiger partial charge on any atom is -0.312 e. The minimum atomic E-state index is -0.0743. The summed E-state index contributed by atoms with van der Waals surface area (Å²) < 4.78 is 0. The zero-order valence-electron chi connectivity index (χ0n) is 12.8. The lowest BCUT2D eigenvalue weighted by molar-refractivity contribution is -0.120. The second-order valence-corrected chi connectivity index (χ2v) is 6.19. The first-order valence-electron chi connectivity index (χ1n) is 7.94. The predicted octanol–water partition coefficient (Wildman–Crippen LogP) is 2.77. The molecule has 1 N–H and O–H groups in total. The van der Waals surface area contributed by atoms with E-state index in [1.165, 1.54) is 22.3 Å². The van der Waals surface area contributed by atoms with Crippen molar-refractivity contribution in [2.45, 2.75) is 25.8 Å². The van der Waals surface area contributed by atoms with Crippen molar-refractivity contribution < 1.29 is 4.79 Å². The number of para-hydroxylation sites is 1. The van der Waals surface area contributed by atoms with Crippen molar-refractivity contribution in [1.29, 1.82) is 0 Å². The highest BCUT2D eigenvalue weighted by molar-refractivity contribution is 6.00. The topological polar surface area (TPSA) is 32.3 Å². The zero-order valence-corrected chi connectivity index (χ0v) is 12.8. The lowest BCUT2D eigenvalue weighted by Gasteiger charge is -2.30. The van der Waals surface area contributed by atoms with Gasteiger partial charge >= 0.3 is 0 Å². The number of nitrogens with zero attached hydrogens (tertiary/aromatic N) is 1. The summed E-state index contributed by atoms with van der Waals surface area (Å²) in [6.07, 6.45) is 0.961. The van der Waals surface area contributed by atoms with Crippen LogP contribution < -0.4 is 10.2 Å². The van der Waals surface area contributed by atoms with Crippen molar-refractivity contribution in [2.75, 3.05) is 18.0 Å². The number of amides is 1. The van der Waals surface area contributed by atoms with Gasteiger partial charge in [0.05, 0.1) is 5.92 Å². The fourth-order valence-electron chi connectivity index (χ4n) is 3.72. The van der Waals surface area contributed by atoms with Gasteiger partial charge in [0.2, 0.25) is 5.91 Å². The van der Waals surface area contributed by atoms with E-state index in [2.05, 4.69) is 42.6 Å². The molecule has 2 heterocycles. The molecule has 22 heavy (non-hydrogen) atoms. The van der Waals surface area contributed by atoms with Crippen molar-refractivity contribution in [2.24, 2.45) is 0 Å². The molecule has 3 nitrogen and oxygen atoms in total. The van der Waals surface area contributed by atoms with Gasteiger partial charge in [-0.25, -0.2) is 0 Å². The molecule has 3 heteroatoms. The van der Waals surface area contributed by atoms with E-state index in [1.807, 2.05) is 17.0 Å². The first-order chi connectivity index (χ1) is 10.8. The van der Waals surface area contributed by atoms with Gasteiger partial charge in [-0.15, -0.1) is 0 Å². The van der Waals surface area contributed by atoms with Gasteiger partial charge in [-0.2, -0.15) is 0 Å². The molecule has 0 fully saturated rings. The van der Waals surface area contributed by atoms with Crippen LogP contribution in [0.4, 0.5) is 5.69 Å². The van der Waals surface area contributed by atoms with Crippen molar-refractivity contribution in [3.05, 3.63) is 64.7 Å². The second kappa shape index (κ2) is 5.25. The SMILES string of the molecule is Cc1cccc2c1CNCC2C(=O)N1CCc2ccccc21. The molecule has 0 saturated heterocycles. The van der Waals surface area contributed by atoms with E-state index in [-0.39, 0.29) is 11.8 Å². The average Bonchev–Trinajstić information content (AvgIpc) is 2.98. The number of nitrogens with one attached hydrogen (secondary N) is 1. The number of anilines is 1. The van der Waals surface area contributed by atoms with Gasteiger partial charge in [-0.3, -0.25) is 4.79 Å². The van der Waals surface area contributed by atoms with E-state index in [0.717, 1.165) is 31.7 Å². The molecule has 0 radical (unpaired) electrons. The first-order valence-corrected chi connectivity index (χ1v) is 7.94. The molecule has 0 bridgehead atoms. The lowest BCUT2D eigenvalue weighted by Crippen LogP contribution is -2.41. The van der Waals surface area contributed by atoms with Crippen LogP contribution in [0, 0.1) is 6.92 Å². The third-order valence-corrected chi connectivity index (χ3v) is 4.92. The van der Waals surface area contributed by atoms with Crippen molar-refractivity contribution in [3.63, 3.8) is 0 Å². The average molecular weight is 292 g/mol. The summed E-state index contributed by atoms with van der Waals surface area (Å²) in [7, 11) is 0. The lowest BCUT2D eigenvalue weighted by atomic mass is 9.87. The highest BCUT2D eigenvalue weighted by Gasteiger charge is 2.33. The molecular weight excluding hydrogens is 272 g/mol. The summed E-state index contributed by atoms with van der Waals surface area (Å²) in [6, 6.07) is 14.6. The molecule has 4 rings (SSSR count). The molecule has 2 aromatic rings. The molecule has 0 aromatic heterocycles. The fourth-order valence-corrected chi connectivity index (χ4v) is 3.72. The number of hydrogen-bond donors (Lipinski definition) is 1. The third-order valence-electron chi connectivity index (χ3n) is 4.92. The number of fused-ring (bicyclic) bond motifs is 2. The van der Waals surface area contributed by atoms with Gasteiger partial charge in [0.15, 0.2) is 0 Å². The normalized spacial score (nSPS) is 19.7. The van der Waals surface area contributed by atoms with E-state index in [9.17, 15) is 4.79 Å². The Hall–Kier alpha value is -2.13. The molecule has 1 unspecified atom stereocenters. The number of benzene rings is 2. The van der Waals surface area contributed by atoms with Crippen LogP contribution in [0.15, 0.2) is 42.5 Å². The van der Waals surface area contributed by atoms with Gasteiger partial charge < -0.3 is 10.2 Å². The van der Waals surface area contributed by atoms with Crippen LogP contribution in [0.5, 0.6) is 0 Å². The maximum Gasteiger partial charge on any atom is 0.235 e. The monoisotopic (exact) mass is 292 g/mol. The smallest absolute Gasteiger partial charge is 0.235 e. The number of aryl methyl sites for hydroxylation is 1. The molecule has 1 atom stereocenters. The largest absolute Gasteiger partial charge is 0.312 e. The third kappa shape index (κ3) is 2.04. The van der Waals surface area contributed by atoms with E-state index < -0.39 is 0 Å². The van der Waals surface area contributed by atoms with Gasteiger partial charge in [-0.05, 0) is 41.7 Å². The van der Waals surface area contributed by atoms with Crippen LogP contribution in [-0.2, 0) is 17.8 Å². The molecule has 2 aliphatic heterocycles. The fraction of sp³-hybridized carbons (Fsp3) is 0.316. The Labute approximate surface area is 131 Å². The van der Waals surface area contributed by atoms with Gasteiger partial charge in [0.25, 0.3) is 0 Å². The van der Waals surface area contributed by atoms with Crippen LogP contribution in [0.2, 0.25) is 0 Å². The standard InChI is InChI=1S/C19H20N2O/c1-13-5-4-7-15-16(13)11-20-12-17(15)19(22)21-10-9-14-6-2-3-8-18(14)21/h2-8,17,20H,9-12H2,1H3. The summed E-state index contributed by atoms with van der Waals surface area (Å²) in [5.41, 5.74) is 6.13. The Morgan fingerprint density at radius 3 is 2.95 bits per heavy atom. The summed E-state index contributed by atoms with van der Waals surface area (Å²) in [4.78, 5) is 15.1. The molecular formula is C19H20N2O. The molecule has 0 saturated carbocycles. The maximum absolute atomic E-state index is 13.1. The zero-order chi connectivity index (χ0) is 15.1. The van der Waals surface area contributed by atoms with Crippen molar-refractivity contribution in [1.82, 2.24) is 5.32 Å². The Morgan fingerprint density at radius 1 is 1.18 bits per heavy atom. The van der Waals surface area contributed by atoms with Crippen molar-refractivity contribution in [3.8, 4) is 0 Å². The van der Waals surface area contributed by atoms with E-state index in [4.69, 9.17) is 0 Å². The molecule has 0 spiro atoms. The molecule has 2 aromatic carbocycles. The summed E-state index contributed by atoms with van der Waals surface area (Å²) in [5.74, 6) is 0.152. The van der Waals surface area contributed by atoms with Gasteiger partial charge in [0, 0.05) is 25.3 Å². The Balaban J connectivity index is 1.70. The molecule has 0 aliphatic carbocycles. The van der Waals surface area contributed by atoms with Crippen molar-refractivity contribution >= 4 is 11.6 Å². The van der Waals surface area contributed by atoms with Crippen LogP contribution in [0.25, 0.3) is 0 Å². The van der Waals surface area contributed by atoms with Gasteiger partial charge in [-0.1, -0.05) is 36.4 Å². The number of carbonyl (C=O) groups is 1. The highest BCUT2D eigenvalue weighted by Crippen LogP contribution is 2.33. The maximum atomic E-state index is 13.1. The summed E-state index contributed by atoms with van der Waals surface area (Å²) >= 11 is 0. The Morgan fingerprint density at radius 2 is 2.05 bits per heavy atom. The van der Waals surface area contributed by atoms with Crippen LogP contribution in [0.1, 0.15) is 28.2 Å². The number of carbonyl (C=O) groups excluding carboxylic acids is 1. The second-order valence-electron chi connectivity index (χ2n) is 6.19. The molecule has 1 amide bonds. The van der Waals surface area contributed by atoms with Crippen LogP contribution in [0.3, 0.4) is 0 Å². The minimum absolute atomic E-state index is 0.0743. The van der Waals surface area contributed by atoms with Crippen LogP contribution >= 0.6 is 0 Å². The summed E-state index contributed by atoms with van der Waals surface area (Å²) in [5, 5.41) is 3.41. The molecule has 112 valence electrons. The first kappa shape index (κ1) is 13.5. The van der Waals surface area contributed by atoms with Gasteiger partial charge in [0.1, 0.15) is 0 Å².